The highest BCUT2D eigenvalue weighted by molar-refractivity contribution is 5.24. The van der Waals surface area contributed by atoms with Gasteiger partial charge in [-0.1, -0.05) is 38.2 Å². The maximum Gasteiger partial charge on any atom is -0.0108 e. The molecule has 0 unspecified atom stereocenters. The van der Waals surface area contributed by atoms with E-state index in [1.54, 1.807) is 0 Å². The van der Waals surface area contributed by atoms with E-state index in [2.05, 4.69) is 38.2 Å². The lowest BCUT2D eigenvalue weighted by Crippen LogP contribution is -1.88. The molecule has 0 radical (unpaired) electrons. The summed E-state index contributed by atoms with van der Waals surface area (Å²) in [6.45, 7) is 4.70. The highest BCUT2D eigenvalue weighted by atomic mass is 14.6. The van der Waals surface area contributed by atoms with Crippen LogP contribution in [-0.2, 0) is 0 Å². The molecule has 0 heteroatoms. The zero-order chi connectivity index (χ0) is 7.19. The number of fused-ring (bicyclic) bond motifs is 1. The van der Waals surface area contributed by atoms with Crippen LogP contribution in [-0.4, -0.2) is 0 Å². The summed E-state index contributed by atoms with van der Waals surface area (Å²) in [5.74, 6) is 1.68. The minimum atomic E-state index is 0.563. The van der Waals surface area contributed by atoms with Crippen molar-refractivity contribution in [1.82, 2.24) is 0 Å². The monoisotopic (exact) mass is 134 g/mol. The lowest BCUT2D eigenvalue weighted by molar-refractivity contribution is 0.584. The third-order valence-electron chi connectivity index (χ3n) is 2.96. The van der Waals surface area contributed by atoms with Crippen molar-refractivity contribution in [3.63, 3.8) is 0 Å². The average molecular weight is 134 g/mol. The van der Waals surface area contributed by atoms with E-state index in [0.29, 0.717) is 5.41 Å². The molecule has 0 N–H and O–H groups in total. The first-order chi connectivity index (χ1) is 4.73. The molecule has 0 heterocycles. The lowest BCUT2D eigenvalue weighted by atomic mass is 10.1. The van der Waals surface area contributed by atoms with Gasteiger partial charge in [-0.15, -0.1) is 0 Å². The zero-order valence-corrected chi connectivity index (χ0v) is 6.67. The van der Waals surface area contributed by atoms with Crippen LogP contribution < -0.4 is 0 Å². The summed E-state index contributed by atoms with van der Waals surface area (Å²) in [6, 6.07) is 0. The van der Waals surface area contributed by atoms with E-state index >= 15 is 0 Å². The fraction of sp³-hybridized carbons (Fsp3) is 0.600. The number of rotatable bonds is 0. The molecule has 2 atom stereocenters. The smallest absolute Gasteiger partial charge is 0.0108 e. The molecule has 2 aliphatic carbocycles. The highest BCUT2D eigenvalue weighted by Crippen LogP contribution is 2.60. The first-order valence-corrected chi connectivity index (χ1v) is 4.06. The molecule has 0 spiro atoms. The standard InChI is InChI=1S/C10H14/c1-10(2)8-6-4-3-5-7-9(8)10/h4-9H,3H2,1-2H3/t8-,9+. The minimum Gasteiger partial charge on any atom is -0.0844 e. The molecule has 0 aliphatic heterocycles. The van der Waals surface area contributed by atoms with Gasteiger partial charge < -0.3 is 0 Å². The summed E-state index contributed by atoms with van der Waals surface area (Å²) < 4.78 is 0. The van der Waals surface area contributed by atoms with E-state index in [-0.39, 0.29) is 0 Å². The van der Waals surface area contributed by atoms with Gasteiger partial charge in [0.1, 0.15) is 0 Å². The Bertz CT molecular complexity index is 176. The van der Waals surface area contributed by atoms with Crippen LogP contribution >= 0.6 is 0 Å². The number of allylic oxidation sites excluding steroid dienone is 4. The van der Waals surface area contributed by atoms with E-state index < -0.39 is 0 Å². The SMILES string of the molecule is CC1(C)[C@@H]2C=CCC=C[C@@H]21. The van der Waals surface area contributed by atoms with E-state index in [9.17, 15) is 0 Å². The van der Waals surface area contributed by atoms with Crippen LogP contribution in [0.3, 0.4) is 0 Å². The predicted octanol–water partition coefficient (Wildman–Crippen LogP) is 2.77. The third-order valence-corrected chi connectivity index (χ3v) is 2.96. The van der Waals surface area contributed by atoms with E-state index in [4.69, 9.17) is 0 Å². The van der Waals surface area contributed by atoms with Crippen LogP contribution in [0.5, 0.6) is 0 Å². The van der Waals surface area contributed by atoms with Gasteiger partial charge in [0.25, 0.3) is 0 Å². The second-order valence-electron chi connectivity index (χ2n) is 3.96. The Kier molecular flexibility index (Phi) is 1.08. The number of hydrogen-bond acceptors (Lipinski definition) is 0. The highest BCUT2D eigenvalue weighted by Gasteiger charge is 2.54. The van der Waals surface area contributed by atoms with Crippen molar-refractivity contribution in [1.29, 1.82) is 0 Å². The summed E-state index contributed by atoms with van der Waals surface area (Å²) in [4.78, 5) is 0. The van der Waals surface area contributed by atoms with Gasteiger partial charge in [-0.2, -0.15) is 0 Å². The van der Waals surface area contributed by atoms with E-state index in [1.165, 1.54) is 0 Å². The van der Waals surface area contributed by atoms with Gasteiger partial charge in [0.05, 0.1) is 0 Å². The molecule has 0 aromatic heterocycles. The summed E-state index contributed by atoms with van der Waals surface area (Å²) in [5, 5.41) is 0. The van der Waals surface area contributed by atoms with Gasteiger partial charge in [-0.3, -0.25) is 0 Å². The Balaban J connectivity index is 2.23. The first kappa shape index (κ1) is 6.21. The Hall–Kier alpha value is -0.520. The summed E-state index contributed by atoms with van der Waals surface area (Å²) in [6.07, 6.45) is 10.5. The maximum atomic E-state index is 2.38. The minimum absolute atomic E-state index is 0.563. The van der Waals surface area contributed by atoms with Crippen LogP contribution in [0.2, 0.25) is 0 Å². The van der Waals surface area contributed by atoms with Crippen LogP contribution in [0.1, 0.15) is 20.3 Å². The Morgan fingerprint density at radius 3 is 2.10 bits per heavy atom. The second-order valence-corrected chi connectivity index (χ2v) is 3.96. The van der Waals surface area contributed by atoms with Crippen LogP contribution in [0, 0.1) is 17.3 Å². The van der Waals surface area contributed by atoms with E-state index in [1.807, 2.05) is 0 Å². The average Bonchev–Trinajstić information content (AvgIpc) is 2.47. The van der Waals surface area contributed by atoms with Crippen molar-refractivity contribution in [2.45, 2.75) is 20.3 Å². The van der Waals surface area contributed by atoms with E-state index in [0.717, 1.165) is 18.3 Å². The van der Waals surface area contributed by atoms with Gasteiger partial charge in [0.15, 0.2) is 0 Å². The molecule has 0 amide bonds. The molecule has 0 saturated heterocycles. The molecule has 0 aromatic rings. The quantitative estimate of drug-likeness (QED) is 0.447. The summed E-state index contributed by atoms with van der Waals surface area (Å²) in [5.41, 5.74) is 0.563. The molecule has 10 heavy (non-hydrogen) atoms. The van der Waals surface area contributed by atoms with Gasteiger partial charge in [0.2, 0.25) is 0 Å². The second kappa shape index (κ2) is 1.75. The molecule has 0 aromatic carbocycles. The fourth-order valence-corrected chi connectivity index (χ4v) is 1.98. The topological polar surface area (TPSA) is 0 Å². The fourth-order valence-electron chi connectivity index (χ4n) is 1.98. The van der Waals surface area contributed by atoms with Gasteiger partial charge in [0, 0.05) is 0 Å². The van der Waals surface area contributed by atoms with Crippen molar-refractivity contribution in [3.05, 3.63) is 24.3 Å². The van der Waals surface area contributed by atoms with Crippen molar-refractivity contribution < 1.29 is 0 Å². The molecule has 0 nitrogen and oxygen atoms in total. The molecule has 1 fully saturated rings. The van der Waals surface area contributed by atoms with Crippen LogP contribution in [0.4, 0.5) is 0 Å². The molecular formula is C10H14. The molecular weight excluding hydrogens is 120 g/mol. The van der Waals surface area contributed by atoms with Crippen molar-refractivity contribution in [2.75, 3.05) is 0 Å². The molecule has 2 rings (SSSR count). The van der Waals surface area contributed by atoms with Gasteiger partial charge >= 0.3 is 0 Å². The normalized spacial score (nSPS) is 40.6. The Morgan fingerprint density at radius 2 is 1.60 bits per heavy atom. The first-order valence-electron chi connectivity index (χ1n) is 4.06. The van der Waals surface area contributed by atoms with Crippen LogP contribution in [0.15, 0.2) is 24.3 Å². The van der Waals surface area contributed by atoms with Crippen molar-refractivity contribution in [2.24, 2.45) is 17.3 Å². The summed E-state index contributed by atoms with van der Waals surface area (Å²) in [7, 11) is 0. The third kappa shape index (κ3) is 0.681. The lowest BCUT2D eigenvalue weighted by Gasteiger charge is -1.97. The molecule has 54 valence electrons. The molecule has 1 saturated carbocycles. The maximum absolute atomic E-state index is 2.38. The molecule has 2 aliphatic rings. The Morgan fingerprint density at radius 1 is 1.10 bits per heavy atom. The van der Waals surface area contributed by atoms with Gasteiger partial charge in [-0.05, 0) is 23.7 Å². The van der Waals surface area contributed by atoms with Crippen molar-refractivity contribution in [3.8, 4) is 0 Å². The van der Waals surface area contributed by atoms with Crippen LogP contribution in [0.25, 0.3) is 0 Å². The summed E-state index contributed by atoms with van der Waals surface area (Å²) >= 11 is 0. The van der Waals surface area contributed by atoms with Crippen molar-refractivity contribution >= 4 is 0 Å². The predicted molar refractivity (Wildman–Crippen MR) is 43.7 cm³/mol. The zero-order valence-electron chi connectivity index (χ0n) is 6.67. The largest absolute Gasteiger partial charge is 0.0844 e. The van der Waals surface area contributed by atoms with Gasteiger partial charge in [-0.25, -0.2) is 0 Å². The Labute approximate surface area is 62.6 Å². The number of hydrogen-bond donors (Lipinski definition) is 0. The molecule has 0 bridgehead atoms.